The number of benzene rings is 1. The molecule has 2 aromatic rings. The van der Waals surface area contributed by atoms with Gasteiger partial charge in [0.15, 0.2) is 17.6 Å². The highest BCUT2D eigenvalue weighted by atomic mass is 35.5. The van der Waals surface area contributed by atoms with Gasteiger partial charge in [0.1, 0.15) is 12.0 Å². The third-order valence-electron chi connectivity index (χ3n) is 2.72. The van der Waals surface area contributed by atoms with Gasteiger partial charge in [-0.3, -0.25) is 0 Å². The highest BCUT2D eigenvalue weighted by Gasteiger charge is 2.29. The number of alkyl halides is 1. The smallest absolute Gasteiger partial charge is 0.161 e. The second-order valence-electron chi connectivity index (χ2n) is 3.96. The van der Waals surface area contributed by atoms with Crippen molar-refractivity contribution in [3.05, 3.63) is 45.6 Å². The van der Waals surface area contributed by atoms with Crippen molar-refractivity contribution >= 4 is 34.5 Å². The molecule has 0 saturated heterocycles. The number of hydrogen-bond donors (Lipinski definition) is 0. The summed E-state index contributed by atoms with van der Waals surface area (Å²) in [5.74, 6) is 1.50. The summed E-state index contributed by atoms with van der Waals surface area (Å²) in [6, 6.07) is 11.4. The van der Waals surface area contributed by atoms with E-state index >= 15 is 0 Å². The number of ether oxygens (including phenoxy) is 2. The molecule has 0 amide bonds. The first-order valence-corrected chi connectivity index (χ1v) is 7.15. The highest BCUT2D eigenvalue weighted by molar-refractivity contribution is 7.16. The maximum Gasteiger partial charge on any atom is 0.161 e. The average molecular weight is 301 g/mol. The van der Waals surface area contributed by atoms with Crippen LogP contribution in [0.4, 0.5) is 0 Å². The van der Waals surface area contributed by atoms with E-state index < -0.39 is 0 Å². The van der Waals surface area contributed by atoms with Crippen LogP contribution in [0.15, 0.2) is 36.4 Å². The summed E-state index contributed by atoms with van der Waals surface area (Å²) >= 11 is 13.8. The summed E-state index contributed by atoms with van der Waals surface area (Å²) in [5, 5.41) is -0.254. The van der Waals surface area contributed by atoms with Gasteiger partial charge in [0.2, 0.25) is 0 Å². The van der Waals surface area contributed by atoms with Crippen molar-refractivity contribution in [2.75, 3.05) is 6.61 Å². The molecule has 1 aliphatic rings. The summed E-state index contributed by atoms with van der Waals surface area (Å²) in [5.41, 5.74) is 0. The normalized spacial score (nSPS) is 19.6. The Balaban J connectivity index is 1.79. The maximum absolute atomic E-state index is 6.41. The lowest BCUT2D eigenvalue weighted by molar-refractivity contribution is 0.0883. The lowest BCUT2D eigenvalue weighted by atomic mass is 10.2. The highest BCUT2D eigenvalue weighted by Crippen LogP contribution is 2.39. The van der Waals surface area contributed by atoms with Crippen LogP contribution in [0, 0.1) is 0 Å². The second kappa shape index (κ2) is 5.00. The number of para-hydroxylation sites is 2. The number of hydrogen-bond acceptors (Lipinski definition) is 3. The Morgan fingerprint density at radius 1 is 1.17 bits per heavy atom. The van der Waals surface area contributed by atoms with Gasteiger partial charge in [-0.1, -0.05) is 23.7 Å². The first-order valence-electron chi connectivity index (χ1n) is 5.52. The van der Waals surface area contributed by atoms with E-state index in [1.54, 1.807) is 0 Å². The molecule has 18 heavy (non-hydrogen) atoms. The molecule has 2 nitrogen and oxygen atoms in total. The molecule has 3 rings (SSSR count). The Morgan fingerprint density at radius 3 is 2.67 bits per heavy atom. The van der Waals surface area contributed by atoms with Crippen LogP contribution in [0.2, 0.25) is 4.34 Å². The molecule has 0 aliphatic carbocycles. The molecule has 0 spiro atoms. The predicted octanol–water partition coefficient (Wildman–Crippen LogP) is 4.52. The predicted molar refractivity (Wildman–Crippen MR) is 74.3 cm³/mol. The lowest BCUT2D eigenvalue weighted by Crippen LogP contribution is -2.32. The van der Waals surface area contributed by atoms with Gasteiger partial charge < -0.3 is 9.47 Å². The van der Waals surface area contributed by atoms with E-state index in [0.717, 1.165) is 20.7 Å². The quantitative estimate of drug-likeness (QED) is 0.759. The fourth-order valence-electron chi connectivity index (χ4n) is 1.84. The Bertz CT molecular complexity index is 555. The van der Waals surface area contributed by atoms with Crippen LogP contribution in [-0.2, 0) is 0 Å². The number of rotatable bonds is 2. The number of thiophene rings is 1. The third-order valence-corrected chi connectivity index (χ3v) is 4.68. The molecule has 2 atom stereocenters. The molecule has 5 heteroatoms. The standard InChI is InChI=1S/C13H10Cl2O2S/c14-12-6-5-11(18-12)13(15)10-7-16-8-3-1-2-4-9(8)17-10/h1-6,10,13H,7H2. The van der Waals surface area contributed by atoms with Crippen molar-refractivity contribution in [2.45, 2.75) is 11.5 Å². The van der Waals surface area contributed by atoms with Gasteiger partial charge in [-0.2, -0.15) is 0 Å². The molecule has 1 aliphatic heterocycles. The molecular weight excluding hydrogens is 291 g/mol. The Hall–Kier alpha value is -0.900. The van der Waals surface area contributed by atoms with Gasteiger partial charge in [-0.05, 0) is 24.3 Å². The van der Waals surface area contributed by atoms with Crippen LogP contribution in [0.3, 0.4) is 0 Å². The monoisotopic (exact) mass is 300 g/mol. The van der Waals surface area contributed by atoms with E-state index in [9.17, 15) is 0 Å². The molecule has 0 N–H and O–H groups in total. The molecule has 0 saturated carbocycles. The van der Waals surface area contributed by atoms with Crippen molar-refractivity contribution < 1.29 is 9.47 Å². The molecule has 2 unspecified atom stereocenters. The molecule has 1 aromatic carbocycles. The molecule has 0 fully saturated rings. The van der Waals surface area contributed by atoms with Gasteiger partial charge in [0.05, 0.1) is 4.34 Å². The van der Waals surface area contributed by atoms with Crippen molar-refractivity contribution in [1.82, 2.24) is 0 Å². The van der Waals surface area contributed by atoms with E-state index in [-0.39, 0.29) is 11.5 Å². The Labute approximate surface area is 119 Å². The second-order valence-corrected chi connectivity index (χ2v) is 6.17. The van der Waals surface area contributed by atoms with E-state index in [0.29, 0.717) is 6.61 Å². The number of halogens is 2. The summed E-state index contributed by atoms with van der Waals surface area (Å²) < 4.78 is 12.2. The molecule has 1 aromatic heterocycles. The Morgan fingerprint density at radius 2 is 1.94 bits per heavy atom. The largest absolute Gasteiger partial charge is 0.486 e. The van der Waals surface area contributed by atoms with Crippen LogP contribution in [0.25, 0.3) is 0 Å². The van der Waals surface area contributed by atoms with E-state index in [1.165, 1.54) is 11.3 Å². The summed E-state index contributed by atoms with van der Waals surface area (Å²) in [6.07, 6.45) is -0.198. The minimum atomic E-state index is -0.254. The number of fused-ring (bicyclic) bond motifs is 1. The minimum absolute atomic E-state index is 0.198. The van der Waals surface area contributed by atoms with Crippen molar-refractivity contribution in [2.24, 2.45) is 0 Å². The van der Waals surface area contributed by atoms with E-state index in [4.69, 9.17) is 32.7 Å². The van der Waals surface area contributed by atoms with Crippen LogP contribution < -0.4 is 9.47 Å². The van der Waals surface area contributed by atoms with Gasteiger partial charge in [0.25, 0.3) is 0 Å². The van der Waals surface area contributed by atoms with Crippen LogP contribution in [0.1, 0.15) is 10.3 Å². The van der Waals surface area contributed by atoms with Gasteiger partial charge >= 0.3 is 0 Å². The van der Waals surface area contributed by atoms with Crippen LogP contribution >= 0.6 is 34.5 Å². The first kappa shape index (κ1) is 12.2. The lowest BCUT2D eigenvalue weighted by Gasteiger charge is -2.28. The fourth-order valence-corrected chi connectivity index (χ4v) is 3.26. The van der Waals surface area contributed by atoms with Gasteiger partial charge in [0, 0.05) is 4.88 Å². The zero-order valence-electron chi connectivity index (χ0n) is 9.31. The average Bonchev–Trinajstić information content (AvgIpc) is 2.84. The van der Waals surface area contributed by atoms with E-state index in [1.807, 2.05) is 36.4 Å². The summed E-state index contributed by atoms with van der Waals surface area (Å²) in [7, 11) is 0. The minimum Gasteiger partial charge on any atom is -0.486 e. The van der Waals surface area contributed by atoms with Crippen molar-refractivity contribution in [3.8, 4) is 11.5 Å². The summed E-state index contributed by atoms with van der Waals surface area (Å²) in [4.78, 5) is 0.995. The zero-order valence-corrected chi connectivity index (χ0v) is 11.6. The van der Waals surface area contributed by atoms with Gasteiger partial charge in [-0.15, -0.1) is 22.9 Å². The maximum atomic E-state index is 6.41. The van der Waals surface area contributed by atoms with Crippen LogP contribution in [0.5, 0.6) is 11.5 Å². The molecular formula is C13H10Cl2O2S. The first-order chi connectivity index (χ1) is 8.74. The SMILES string of the molecule is Clc1ccc(C(Cl)C2COc3ccccc3O2)s1. The van der Waals surface area contributed by atoms with Crippen LogP contribution in [-0.4, -0.2) is 12.7 Å². The molecule has 0 bridgehead atoms. The fraction of sp³-hybridized carbons (Fsp3) is 0.231. The van der Waals surface area contributed by atoms with Crippen molar-refractivity contribution in [3.63, 3.8) is 0 Å². The topological polar surface area (TPSA) is 18.5 Å². The summed E-state index contributed by atoms with van der Waals surface area (Å²) in [6.45, 7) is 0.445. The molecule has 0 radical (unpaired) electrons. The van der Waals surface area contributed by atoms with E-state index in [2.05, 4.69) is 0 Å². The zero-order chi connectivity index (χ0) is 12.5. The molecule has 2 heterocycles. The molecule has 94 valence electrons. The van der Waals surface area contributed by atoms with Crippen molar-refractivity contribution in [1.29, 1.82) is 0 Å². The van der Waals surface area contributed by atoms with Gasteiger partial charge in [-0.25, -0.2) is 0 Å². The Kier molecular flexibility index (Phi) is 3.37. The third kappa shape index (κ3) is 2.30.